The Morgan fingerprint density at radius 1 is 1.22 bits per heavy atom. The lowest BCUT2D eigenvalue weighted by atomic mass is 9.65. The van der Waals surface area contributed by atoms with E-state index in [0.29, 0.717) is 18.3 Å². The summed E-state index contributed by atoms with van der Waals surface area (Å²) in [5, 5.41) is 20.7. The molecular weight excluding hydrogens is 406 g/mol. The molecule has 2 aliphatic rings. The van der Waals surface area contributed by atoms with Gasteiger partial charge in [0.2, 0.25) is 5.91 Å². The van der Waals surface area contributed by atoms with Gasteiger partial charge in [0.25, 0.3) is 0 Å². The molecule has 182 valence electrons. The van der Waals surface area contributed by atoms with Crippen LogP contribution in [0.25, 0.3) is 0 Å². The summed E-state index contributed by atoms with van der Waals surface area (Å²) < 4.78 is 6.04. The van der Waals surface area contributed by atoms with Gasteiger partial charge in [-0.1, -0.05) is 45.9 Å². The van der Waals surface area contributed by atoms with E-state index in [1.165, 1.54) is 10.5 Å². The number of allylic oxidation sites excluding steroid dienone is 3. The normalized spacial score (nSPS) is 30.0. The fourth-order valence-corrected chi connectivity index (χ4v) is 4.94. The van der Waals surface area contributed by atoms with Crippen LogP contribution < -0.4 is 0 Å². The second kappa shape index (κ2) is 12.0. The summed E-state index contributed by atoms with van der Waals surface area (Å²) in [7, 11) is 3.31. The number of esters is 1. The Balaban J connectivity index is 2.05. The molecule has 0 spiro atoms. The number of carbonyl (C=O) groups excluding carboxylic acids is 2. The van der Waals surface area contributed by atoms with E-state index in [1.807, 2.05) is 13.8 Å². The summed E-state index contributed by atoms with van der Waals surface area (Å²) in [6, 6.07) is 0. The summed E-state index contributed by atoms with van der Waals surface area (Å²) in [6.07, 6.45) is 8.13. The molecule has 2 rings (SSSR count). The summed E-state index contributed by atoms with van der Waals surface area (Å²) in [6.45, 7) is 8.25. The first-order valence-electron chi connectivity index (χ1n) is 12.2. The lowest BCUT2D eigenvalue weighted by Gasteiger charge is -2.43. The first-order valence-corrected chi connectivity index (χ1v) is 12.2. The van der Waals surface area contributed by atoms with Gasteiger partial charge in [-0.05, 0) is 55.4 Å². The minimum absolute atomic E-state index is 0.0215. The summed E-state index contributed by atoms with van der Waals surface area (Å²) in [5.74, 6) is 0.666. The topological polar surface area (TPSA) is 87.1 Å². The molecule has 6 heteroatoms. The van der Waals surface area contributed by atoms with Crippen molar-refractivity contribution in [3.8, 4) is 0 Å². The average Bonchev–Trinajstić information content (AvgIpc) is 2.72. The number of ether oxygens (including phenoxy) is 1. The zero-order valence-corrected chi connectivity index (χ0v) is 20.7. The van der Waals surface area contributed by atoms with Crippen LogP contribution in [-0.4, -0.2) is 59.4 Å². The number of hydrogen-bond acceptors (Lipinski definition) is 5. The minimum Gasteiger partial charge on any atom is -0.461 e. The average molecular weight is 450 g/mol. The van der Waals surface area contributed by atoms with Crippen LogP contribution in [0.2, 0.25) is 0 Å². The molecule has 8 atom stereocenters. The third kappa shape index (κ3) is 7.17. The summed E-state index contributed by atoms with van der Waals surface area (Å²) in [5.41, 5.74) is 1.24. The van der Waals surface area contributed by atoms with Gasteiger partial charge in [-0.2, -0.15) is 0 Å². The largest absolute Gasteiger partial charge is 0.461 e. The highest BCUT2D eigenvalue weighted by Gasteiger charge is 2.41. The first-order chi connectivity index (χ1) is 15.0. The molecule has 2 aliphatic carbocycles. The number of amides is 1. The fourth-order valence-electron chi connectivity index (χ4n) is 4.94. The predicted octanol–water partition coefficient (Wildman–Crippen LogP) is 3.72. The molecule has 0 aromatic rings. The van der Waals surface area contributed by atoms with Crippen LogP contribution in [0.4, 0.5) is 0 Å². The highest BCUT2D eigenvalue weighted by molar-refractivity contribution is 5.76. The lowest BCUT2D eigenvalue weighted by molar-refractivity contribution is -0.158. The number of aliphatic hydroxyl groups excluding tert-OH is 2. The van der Waals surface area contributed by atoms with Crippen molar-refractivity contribution in [2.45, 2.75) is 84.5 Å². The van der Waals surface area contributed by atoms with Crippen molar-refractivity contribution in [1.82, 2.24) is 4.90 Å². The maximum Gasteiger partial charge on any atom is 0.308 e. The van der Waals surface area contributed by atoms with Crippen LogP contribution in [0.1, 0.15) is 66.2 Å². The van der Waals surface area contributed by atoms with Crippen molar-refractivity contribution in [2.75, 3.05) is 14.1 Å². The van der Waals surface area contributed by atoms with Gasteiger partial charge in [0.15, 0.2) is 0 Å². The third-order valence-electron chi connectivity index (χ3n) is 7.16. The van der Waals surface area contributed by atoms with Gasteiger partial charge in [0.1, 0.15) is 6.10 Å². The van der Waals surface area contributed by atoms with Crippen LogP contribution >= 0.6 is 0 Å². The van der Waals surface area contributed by atoms with E-state index in [2.05, 4.69) is 32.1 Å². The Bertz CT molecular complexity index is 700. The SMILES string of the molecule is CC[C@H](C)C(=O)O[C@H]1C[C@@H](C)C=C2C=C[C@H](C)[C@H](CC[C@@H](O)C[C@@H](O)CC(=O)N(C)C)[C@H]21. The highest BCUT2D eigenvalue weighted by atomic mass is 16.5. The zero-order chi connectivity index (χ0) is 24.0. The van der Waals surface area contributed by atoms with Crippen molar-refractivity contribution in [3.63, 3.8) is 0 Å². The molecule has 0 bridgehead atoms. The molecule has 0 radical (unpaired) electrons. The van der Waals surface area contributed by atoms with E-state index < -0.39 is 12.2 Å². The number of rotatable bonds is 10. The van der Waals surface area contributed by atoms with E-state index in [1.54, 1.807) is 14.1 Å². The first kappa shape index (κ1) is 26.6. The Hall–Kier alpha value is -1.66. The van der Waals surface area contributed by atoms with Gasteiger partial charge >= 0.3 is 5.97 Å². The van der Waals surface area contributed by atoms with E-state index >= 15 is 0 Å². The van der Waals surface area contributed by atoms with E-state index in [9.17, 15) is 19.8 Å². The highest BCUT2D eigenvalue weighted by Crippen LogP contribution is 2.45. The number of fused-ring (bicyclic) bond motifs is 1. The summed E-state index contributed by atoms with van der Waals surface area (Å²) >= 11 is 0. The van der Waals surface area contributed by atoms with Gasteiger partial charge < -0.3 is 19.8 Å². The van der Waals surface area contributed by atoms with Crippen LogP contribution in [0.15, 0.2) is 23.8 Å². The standard InChI is InChI=1S/C26H43NO5/c1-7-17(3)26(31)32-23-13-16(2)12-19-9-8-18(4)22(25(19)23)11-10-20(28)14-21(29)15-24(30)27(5)6/h8-9,12,16-18,20-23,25,28-29H,7,10-11,13-15H2,1-6H3/t16-,17-,18-,20+,21+,22-,23-,25-/m0/s1. The Morgan fingerprint density at radius 3 is 2.53 bits per heavy atom. The van der Waals surface area contributed by atoms with Gasteiger partial charge in [-0.3, -0.25) is 9.59 Å². The van der Waals surface area contributed by atoms with E-state index in [4.69, 9.17) is 4.74 Å². The lowest BCUT2D eigenvalue weighted by Crippen LogP contribution is -2.41. The van der Waals surface area contributed by atoms with Crippen molar-refractivity contribution < 1.29 is 24.5 Å². The maximum atomic E-state index is 12.6. The molecule has 0 aromatic carbocycles. The smallest absolute Gasteiger partial charge is 0.308 e. The van der Waals surface area contributed by atoms with Gasteiger partial charge in [-0.15, -0.1) is 0 Å². The van der Waals surface area contributed by atoms with Crippen molar-refractivity contribution in [1.29, 1.82) is 0 Å². The van der Waals surface area contributed by atoms with Crippen LogP contribution in [0.3, 0.4) is 0 Å². The Kier molecular flexibility index (Phi) is 9.96. The number of aliphatic hydroxyl groups is 2. The van der Waals surface area contributed by atoms with Gasteiger partial charge in [0.05, 0.1) is 24.5 Å². The number of nitrogens with zero attached hydrogens (tertiary/aromatic N) is 1. The molecule has 0 aliphatic heterocycles. The Labute approximate surface area is 193 Å². The van der Waals surface area contributed by atoms with Gasteiger partial charge in [0, 0.05) is 20.0 Å². The molecule has 0 unspecified atom stereocenters. The van der Waals surface area contributed by atoms with Crippen molar-refractivity contribution in [3.05, 3.63) is 23.8 Å². The molecule has 0 saturated carbocycles. The number of carbonyl (C=O) groups is 2. The zero-order valence-electron chi connectivity index (χ0n) is 20.7. The molecule has 0 fully saturated rings. The van der Waals surface area contributed by atoms with Crippen LogP contribution in [-0.2, 0) is 14.3 Å². The number of hydrogen-bond donors (Lipinski definition) is 2. The van der Waals surface area contributed by atoms with E-state index in [-0.39, 0.29) is 48.6 Å². The fraction of sp³-hybridized carbons (Fsp3) is 0.769. The quantitative estimate of drug-likeness (QED) is 0.497. The van der Waals surface area contributed by atoms with Crippen molar-refractivity contribution >= 4 is 11.9 Å². The molecule has 0 saturated heterocycles. The second-order valence-electron chi connectivity index (χ2n) is 10.2. The molecule has 1 amide bonds. The molecule has 0 heterocycles. The molecule has 6 nitrogen and oxygen atoms in total. The van der Waals surface area contributed by atoms with Crippen LogP contribution in [0, 0.1) is 29.6 Å². The monoisotopic (exact) mass is 449 g/mol. The van der Waals surface area contributed by atoms with E-state index in [0.717, 1.165) is 19.3 Å². The molecule has 2 N–H and O–H groups in total. The van der Waals surface area contributed by atoms with Crippen molar-refractivity contribution in [2.24, 2.45) is 29.6 Å². The second-order valence-corrected chi connectivity index (χ2v) is 10.2. The third-order valence-corrected chi connectivity index (χ3v) is 7.16. The Morgan fingerprint density at radius 2 is 1.91 bits per heavy atom. The maximum absolute atomic E-state index is 12.6. The summed E-state index contributed by atoms with van der Waals surface area (Å²) in [4.78, 5) is 25.8. The van der Waals surface area contributed by atoms with Gasteiger partial charge in [-0.25, -0.2) is 0 Å². The predicted molar refractivity (Wildman–Crippen MR) is 126 cm³/mol. The molecule has 0 aromatic heterocycles. The molecule has 32 heavy (non-hydrogen) atoms. The van der Waals surface area contributed by atoms with Crippen LogP contribution in [0.5, 0.6) is 0 Å². The minimum atomic E-state index is -0.848. The molecular formula is C26H43NO5.